The molecule has 1 aromatic rings. The standard InChI is InChI=1S/C14H20F2N2O/c1-10(2)8-19-13-7-11(17)3-4-12(13)18-6-5-14(15,16)9-18/h3-4,7,10H,5-6,8-9,17H2,1-2H3. The van der Waals surface area contributed by atoms with Gasteiger partial charge in [0, 0.05) is 24.7 Å². The molecule has 0 spiro atoms. The summed E-state index contributed by atoms with van der Waals surface area (Å²) in [5.41, 5.74) is 7.02. The maximum absolute atomic E-state index is 13.3. The molecule has 0 atom stereocenters. The van der Waals surface area contributed by atoms with Gasteiger partial charge in [-0.05, 0) is 18.1 Å². The molecule has 1 aliphatic rings. The molecule has 0 aromatic heterocycles. The smallest absolute Gasteiger partial charge is 0.266 e. The number of nitrogen functional groups attached to an aromatic ring is 1. The van der Waals surface area contributed by atoms with E-state index in [0.717, 1.165) is 0 Å². The topological polar surface area (TPSA) is 38.5 Å². The van der Waals surface area contributed by atoms with Crippen LogP contribution in [-0.4, -0.2) is 25.6 Å². The highest BCUT2D eigenvalue weighted by Crippen LogP contribution is 2.37. The fourth-order valence-electron chi connectivity index (χ4n) is 2.11. The van der Waals surface area contributed by atoms with E-state index in [9.17, 15) is 8.78 Å². The van der Waals surface area contributed by atoms with E-state index in [1.807, 2.05) is 13.8 Å². The highest BCUT2D eigenvalue weighted by atomic mass is 19.3. The molecule has 0 aliphatic carbocycles. The van der Waals surface area contributed by atoms with Gasteiger partial charge in [-0.2, -0.15) is 0 Å². The fraction of sp³-hybridized carbons (Fsp3) is 0.571. The van der Waals surface area contributed by atoms with Crippen LogP contribution in [0.4, 0.5) is 20.2 Å². The van der Waals surface area contributed by atoms with Crippen molar-refractivity contribution in [1.82, 2.24) is 0 Å². The second-order valence-electron chi connectivity index (χ2n) is 5.46. The molecule has 0 amide bonds. The quantitative estimate of drug-likeness (QED) is 0.854. The Kier molecular flexibility index (Phi) is 3.83. The molecule has 1 aromatic carbocycles. The SMILES string of the molecule is CC(C)COc1cc(N)ccc1N1CCC(F)(F)C1. The molecule has 1 heterocycles. The van der Waals surface area contributed by atoms with Gasteiger partial charge in [-0.15, -0.1) is 0 Å². The van der Waals surface area contributed by atoms with Crippen molar-refractivity contribution in [2.75, 3.05) is 30.3 Å². The highest BCUT2D eigenvalue weighted by Gasteiger charge is 2.39. The number of nitrogens with two attached hydrogens (primary N) is 1. The lowest BCUT2D eigenvalue weighted by Crippen LogP contribution is -2.25. The first-order valence-corrected chi connectivity index (χ1v) is 6.52. The molecule has 19 heavy (non-hydrogen) atoms. The van der Waals surface area contributed by atoms with Gasteiger partial charge in [0.2, 0.25) is 0 Å². The van der Waals surface area contributed by atoms with Crippen molar-refractivity contribution >= 4 is 11.4 Å². The van der Waals surface area contributed by atoms with Gasteiger partial charge >= 0.3 is 0 Å². The van der Waals surface area contributed by atoms with E-state index in [1.165, 1.54) is 0 Å². The van der Waals surface area contributed by atoms with E-state index in [2.05, 4.69) is 0 Å². The lowest BCUT2D eigenvalue weighted by Gasteiger charge is -2.22. The zero-order valence-electron chi connectivity index (χ0n) is 11.3. The average Bonchev–Trinajstić information content (AvgIpc) is 2.67. The van der Waals surface area contributed by atoms with Crippen LogP contribution in [-0.2, 0) is 0 Å². The van der Waals surface area contributed by atoms with E-state index in [4.69, 9.17) is 10.5 Å². The molecule has 1 aliphatic heterocycles. The number of hydrogen-bond donors (Lipinski definition) is 1. The third-order valence-electron chi connectivity index (χ3n) is 3.07. The van der Waals surface area contributed by atoms with Crippen molar-refractivity contribution in [3.8, 4) is 5.75 Å². The van der Waals surface area contributed by atoms with Gasteiger partial charge in [-0.25, -0.2) is 8.78 Å². The summed E-state index contributed by atoms with van der Waals surface area (Å²) in [7, 11) is 0. The molecule has 106 valence electrons. The van der Waals surface area contributed by atoms with Gasteiger partial charge in [0.25, 0.3) is 5.92 Å². The van der Waals surface area contributed by atoms with Gasteiger partial charge in [0.05, 0.1) is 18.8 Å². The van der Waals surface area contributed by atoms with Gasteiger partial charge in [0.15, 0.2) is 0 Å². The zero-order valence-corrected chi connectivity index (χ0v) is 11.3. The number of benzene rings is 1. The van der Waals surface area contributed by atoms with E-state index < -0.39 is 5.92 Å². The first kappa shape index (κ1) is 13.9. The molecule has 3 nitrogen and oxygen atoms in total. The average molecular weight is 270 g/mol. The molecule has 0 radical (unpaired) electrons. The summed E-state index contributed by atoms with van der Waals surface area (Å²) in [6.45, 7) is 4.70. The lowest BCUT2D eigenvalue weighted by molar-refractivity contribution is 0.0257. The Labute approximate surface area is 112 Å². The van der Waals surface area contributed by atoms with E-state index in [1.54, 1.807) is 23.1 Å². The lowest BCUT2D eigenvalue weighted by atomic mass is 10.2. The van der Waals surface area contributed by atoms with Crippen LogP contribution in [0.15, 0.2) is 18.2 Å². The number of rotatable bonds is 4. The van der Waals surface area contributed by atoms with Crippen LogP contribution in [0.25, 0.3) is 0 Å². The summed E-state index contributed by atoms with van der Waals surface area (Å²) in [6.07, 6.45) is -0.110. The molecule has 2 N–H and O–H groups in total. The largest absolute Gasteiger partial charge is 0.491 e. The number of halogens is 2. The molecule has 1 fully saturated rings. The van der Waals surface area contributed by atoms with Crippen LogP contribution in [0.1, 0.15) is 20.3 Å². The first-order valence-electron chi connectivity index (χ1n) is 6.52. The predicted molar refractivity (Wildman–Crippen MR) is 73.0 cm³/mol. The van der Waals surface area contributed by atoms with Gasteiger partial charge in [-0.3, -0.25) is 0 Å². The minimum Gasteiger partial charge on any atom is -0.491 e. The summed E-state index contributed by atoms with van der Waals surface area (Å²) in [5.74, 6) is -1.66. The van der Waals surface area contributed by atoms with Crippen molar-refractivity contribution in [1.29, 1.82) is 0 Å². The first-order chi connectivity index (χ1) is 8.87. The van der Waals surface area contributed by atoms with Crippen LogP contribution in [0, 0.1) is 5.92 Å². The summed E-state index contributed by atoms with van der Waals surface area (Å²) in [4.78, 5) is 1.66. The summed E-state index contributed by atoms with van der Waals surface area (Å²) in [6, 6.07) is 5.18. The van der Waals surface area contributed by atoms with Crippen LogP contribution in [0.2, 0.25) is 0 Å². The molecule has 0 saturated carbocycles. The third-order valence-corrected chi connectivity index (χ3v) is 3.07. The van der Waals surface area contributed by atoms with E-state index >= 15 is 0 Å². The number of hydrogen-bond acceptors (Lipinski definition) is 3. The molecular formula is C14H20F2N2O. The minimum absolute atomic E-state index is 0.110. The summed E-state index contributed by atoms with van der Waals surface area (Å²) >= 11 is 0. The maximum Gasteiger partial charge on any atom is 0.266 e. The Morgan fingerprint density at radius 1 is 1.42 bits per heavy atom. The normalized spacial score (nSPS) is 18.1. The Balaban J connectivity index is 2.19. The van der Waals surface area contributed by atoms with Crippen LogP contribution >= 0.6 is 0 Å². The number of nitrogens with zero attached hydrogens (tertiary/aromatic N) is 1. The van der Waals surface area contributed by atoms with Gasteiger partial charge in [-0.1, -0.05) is 13.8 Å². The maximum atomic E-state index is 13.3. The molecule has 5 heteroatoms. The van der Waals surface area contributed by atoms with Crippen molar-refractivity contribution in [2.24, 2.45) is 5.92 Å². The molecule has 0 bridgehead atoms. The second kappa shape index (κ2) is 5.23. The van der Waals surface area contributed by atoms with Crippen molar-refractivity contribution in [3.63, 3.8) is 0 Å². The number of ether oxygens (including phenoxy) is 1. The summed E-state index contributed by atoms with van der Waals surface area (Å²) in [5, 5.41) is 0. The molecule has 1 saturated heterocycles. The monoisotopic (exact) mass is 270 g/mol. The van der Waals surface area contributed by atoms with Crippen LogP contribution in [0.3, 0.4) is 0 Å². The van der Waals surface area contributed by atoms with Crippen LogP contribution in [0.5, 0.6) is 5.75 Å². The molecular weight excluding hydrogens is 250 g/mol. The fourth-order valence-corrected chi connectivity index (χ4v) is 2.11. The second-order valence-corrected chi connectivity index (χ2v) is 5.46. The Morgan fingerprint density at radius 3 is 2.74 bits per heavy atom. The molecule has 0 unspecified atom stereocenters. The number of anilines is 2. The van der Waals surface area contributed by atoms with E-state index in [-0.39, 0.29) is 13.0 Å². The minimum atomic E-state index is -2.61. The zero-order chi connectivity index (χ0) is 14.0. The Bertz CT molecular complexity index is 449. The Morgan fingerprint density at radius 2 is 2.16 bits per heavy atom. The summed E-state index contributed by atoms with van der Waals surface area (Å²) < 4.78 is 32.3. The third kappa shape index (κ3) is 3.49. The Hall–Kier alpha value is -1.52. The van der Waals surface area contributed by atoms with Crippen molar-refractivity contribution in [3.05, 3.63) is 18.2 Å². The molecule has 2 rings (SSSR count). The van der Waals surface area contributed by atoms with Crippen LogP contribution < -0.4 is 15.4 Å². The van der Waals surface area contributed by atoms with Crippen molar-refractivity contribution in [2.45, 2.75) is 26.2 Å². The van der Waals surface area contributed by atoms with Crippen molar-refractivity contribution < 1.29 is 13.5 Å². The van der Waals surface area contributed by atoms with Gasteiger partial charge in [0.1, 0.15) is 5.75 Å². The highest BCUT2D eigenvalue weighted by molar-refractivity contribution is 5.64. The number of alkyl halides is 2. The van der Waals surface area contributed by atoms with Gasteiger partial charge < -0.3 is 15.4 Å². The predicted octanol–water partition coefficient (Wildman–Crippen LogP) is 3.15. The van der Waals surface area contributed by atoms with E-state index in [0.29, 0.717) is 36.2 Å².